The molecule has 98 valence electrons. The SMILES string of the molecule is CCC(C)(CC)C1(C(C)(CC)CC)C=CC=C1. The summed E-state index contributed by atoms with van der Waals surface area (Å²) >= 11 is 0. The molecular weight excluding hydrogens is 204 g/mol. The monoisotopic (exact) mass is 234 g/mol. The Morgan fingerprint density at radius 2 is 1.00 bits per heavy atom. The Morgan fingerprint density at radius 3 is 1.24 bits per heavy atom. The van der Waals surface area contributed by atoms with E-state index in [9.17, 15) is 0 Å². The van der Waals surface area contributed by atoms with Crippen LogP contribution >= 0.6 is 0 Å². The van der Waals surface area contributed by atoms with Gasteiger partial charge in [0.2, 0.25) is 0 Å². The lowest BCUT2D eigenvalue weighted by Crippen LogP contribution is -2.47. The van der Waals surface area contributed by atoms with Crippen molar-refractivity contribution in [1.82, 2.24) is 0 Å². The molecule has 0 heteroatoms. The third-order valence-corrected chi connectivity index (χ3v) is 5.95. The van der Waals surface area contributed by atoms with Gasteiger partial charge in [-0.15, -0.1) is 0 Å². The summed E-state index contributed by atoms with van der Waals surface area (Å²) in [5.41, 5.74) is 0.988. The molecule has 17 heavy (non-hydrogen) atoms. The second-order valence-electron chi connectivity index (χ2n) is 6.12. The lowest BCUT2D eigenvalue weighted by molar-refractivity contribution is 0.00103. The quantitative estimate of drug-likeness (QED) is 0.549. The highest BCUT2D eigenvalue weighted by Crippen LogP contribution is 2.61. The molecule has 0 N–H and O–H groups in total. The molecule has 0 saturated carbocycles. The molecule has 0 saturated heterocycles. The van der Waals surface area contributed by atoms with Crippen LogP contribution in [0.4, 0.5) is 0 Å². The minimum absolute atomic E-state index is 0.243. The lowest BCUT2D eigenvalue weighted by Gasteiger charge is -2.55. The average Bonchev–Trinajstić information content (AvgIpc) is 2.88. The average molecular weight is 234 g/mol. The second-order valence-corrected chi connectivity index (χ2v) is 6.12. The van der Waals surface area contributed by atoms with E-state index >= 15 is 0 Å². The molecule has 0 bridgehead atoms. The van der Waals surface area contributed by atoms with Gasteiger partial charge in [0, 0.05) is 5.41 Å². The van der Waals surface area contributed by atoms with Crippen LogP contribution in [0.5, 0.6) is 0 Å². The summed E-state index contributed by atoms with van der Waals surface area (Å²) < 4.78 is 0. The van der Waals surface area contributed by atoms with Gasteiger partial charge in [-0.05, 0) is 36.5 Å². The summed E-state index contributed by atoms with van der Waals surface area (Å²) in [6, 6.07) is 0. The van der Waals surface area contributed by atoms with Gasteiger partial charge in [-0.3, -0.25) is 0 Å². The fourth-order valence-electron chi connectivity index (χ4n) is 3.67. The lowest BCUT2D eigenvalue weighted by atomic mass is 9.49. The van der Waals surface area contributed by atoms with Crippen molar-refractivity contribution in [3.63, 3.8) is 0 Å². The summed E-state index contributed by atoms with van der Waals surface area (Å²) in [6.07, 6.45) is 14.4. The topological polar surface area (TPSA) is 0 Å². The van der Waals surface area contributed by atoms with Crippen molar-refractivity contribution in [2.24, 2.45) is 16.2 Å². The Balaban J connectivity index is 3.34. The summed E-state index contributed by atoms with van der Waals surface area (Å²) in [6.45, 7) is 14.3. The van der Waals surface area contributed by atoms with Crippen LogP contribution in [0.1, 0.15) is 67.2 Å². The molecule has 1 rings (SSSR count). The van der Waals surface area contributed by atoms with E-state index in [2.05, 4.69) is 65.8 Å². The first-order valence-electron chi connectivity index (χ1n) is 7.32. The minimum Gasteiger partial charge on any atom is -0.0735 e. The molecule has 0 aromatic carbocycles. The van der Waals surface area contributed by atoms with E-state index in [1.165, 1.54) is 25.7 Å². The van der Waals surface area contributed by atoms with Gasteiger partial charge >= 0.3 is 0 Å². The molecule has 0 heterocycles. The highest BCUT2D eigenvalue weighted by atomic mass is 14.6. The van der Waals surface area contributed by atoms with Gasteiger partial charge in [0.05, 0.1) is 0 Å². The summed E-state index contributed by atoms with van der Waals surface area (Å²) in [4.78, 5) is 0. The fourth-order valence-corrected chi connectivity index (χ4v) is 3.67. The van der Waals surface area contributed by atoms with Gasteiger partial charge in [-0.1, -0.05) is 65.8 Å². The number of hydrogen-bond donors (Lipinski definition) is 0. The zero-order valence-electron chi connectivity index (χ0n) is 12.6. The van der Waals surface area contributed by atoms with Gasteiger partial charge in [-0.2, -0.15) is 0 Å². The largest absolute Gasteiger partial charge is 0.0735 e. The fraction of sp³-hybridized carbons (Fsp3) is 0.765. The van der Waals surface area contributed by atoms with Crippen LogP contribution in [0.2, 0.25) is 0 Å². The molecule has 0 fully saturated rings. The van der Waals surface area contributed by atoms with Crippen molar-refractivity contribution >= 4 is 0 Å². The van der Waals surface area contributed by atoms with Gasteiger partial charge in [0.25, 0.3) is 0 Å². The molecule has 0 spiro atoms. The molecule has 0 aromatic heterocycles. The van der Waals surface area contributed by atoms with Crippen LogP contribution in [-0.2, 0) is 0 Å². The van der Waals surface area contributed by atoms with Crippen molar-refractivity contribution in [3.05, 3.63) is 24.3 Å². The maximum absolute atomic E-state index is 2.48. The predicted octanol–water partition coefficient (Wildman–Crippen LogP) is 5.75. The van der Waals surface area contributed by atoms with Crippen molar-refractivity contribution in [2.75, 3.05) is 0 Å². The Morgan fingerprint density at radius 1 is 0.706 bits per heavy atom. The molecule has 0 radical (unpaired) electrons. The Bertz CT molecular complexity index is 266. The third kappa shape index (κ3) is 1.90. The van der Waals surface area contributed by atoms with E-state index < -0.39 is 0 Å². The molecule has 0 unspecified atom stereocenters. The second kappa shape index (κ2) is 5.00. The highest BCUT2D eigenvalue weighted by Gasteiger charge is 2.53. The first-order chi connectivity index (χ1) is 7.95. The minimum atomic E-state index is 0.243. The molecule has 0 atom stereocenters. The first kappa shape index (κ1) is 14.5. The molecular formula is C17H30. The molecule has 1 aliphatic carbocycles. The van der Waals surface area contributed by atoms with Crippen molar-refractivity contribution in [3.8, 4) is 0 Å². The molecule has 0 nitrogen and oxygen atoms in total. The van der Waals surface area contributed by atoms with E-state index in [-0.39, 0.29) is 5.41 Å². The number of hydrogen-bond acceptors (Lipinski definition) is 0. The Hall–Kier alpha value is -0.520. The van der Waals surface area contributed by atoms with Gasteiger partial charge in [0.1, 0.15) is 0 Å². The molecule has 1 aliphatic rings. The predicted molar refractivity (Wildman–Crippen MR) is 78.1 cm³/mol. The third-order valence-electron chi connectivity index (χ3n) is 5.95. The van der Waals surface area contributed by atoms with Crippen LogP contribution in [0.15, 0.2) is 24.3 Å². The molecule has 0 aliphatic heterocycles. The molecule has 0 amide bonds. The van der Waals surface area contributed by atoms with E-state index in [1.54, 1.807) is 0 Å². The maximum atomic E-state index is 2.48. The standard InChI is InChI=1S/C17H30/c1-7-15(5,8-2)17(13-11-12-14-17)16(6,9-3)10-4/h11-14H,7-10H2,1-6H3. The van der Waals surface area contributed by atoms with Crippen molar-refractivity contribution < 1.29 is 0 Å². The van der Waals surface area contributed by atoms with Gasteiger partial charge < -0.3 is 0 Å². The van der Waals surface area contributed by atoms with Crippen molar-refractivity contribution in [1.29, 1.82) is 0 Å². The van der Waals surface area contributed by atoms with Crippen molar-refractivity contribution in [2.45, 2.75) is 67.2 Å². The van der Waals surface area contributed by atoms with E-state index in [1.807, 2.05) is 0 Å². The number of rotatable bonds is 6. The summed E-state index contributed by atoms with van der Waals surface area (Å²) in [7, 11) is 0. The highest BCUT2D eigenvalue weighted by molar-refractivity contribution is 5.32. The maximum Gasteiger partial charge on any atom is 0.0174 e. The van der Waals surface area contributed by atoms with Crippen LogP contribution in [0.3, 0.4) is 0 Å². The van der Waals surface area contributed by atoms with Crippen LogP contribution in [0.25, 0.3) is 0 Å². The van der Waals surface area contributed by atoms with Crippen LogP contribution < -0.4 is 0 Å². The first-order valence-corrected chi connectivity index (χ1v) is 7.32. The van der Waals surface area contributed by atoms with Crippen LogP contribution in [0, 0.1) is 16.2 Å². The number of allylic oxidation sites excluding steroid dienone is 4. The van der Waals surface area contributed by atoms with E-state index in [4.69, 9.17) is 0 Å². The zero-order chi connectivity index (χ0) is 13.2. The van der Waals surface area contributed by atoms with E-state index in [0.29, 0.717) is 10.8 Å². The van der Waals surface area contributed by atoms with Gasteiger partial charge in [-0.25, -0.2) is 0 Å². The molecule has 0 aromatic rings. The zero-order valence-corrected chi connectivity index (χ0v) is 12.6. The van der Waals surface area contributed by atoms with Crippen LogP contribution in [-0.4, -0.2) is 0 Å². The normalized spacial score (nSPS) is 18.9. The Labute approximate surface area is 108 Å². The smallest absolute Gasteiger partial charge is 0.0174 e. The summed E-state index contributed by atoms with van der Waals surface area (Å²) in [5.74, 6) is 0. The summed E-state index contributed by atoms with van der Waals surface area (Å²) in [5, 5.41) is 0. The Kier molecular flexibility index (Phi) is 4.28. The van der Waals surface area contributed by atoms with E-state index in [0.717, 1.165) is 0 Å². The van der Waals surface area contributed by atoms with Gasteiger partial charge in [0.15, 0.2) is 0 Å².